The molecule has 0 unspecified atom stereocenters. The van der Waals surface area contributed by atoms with Gasteiger partial charge in [0.05, 0.1) is 0 Å². The second-order valence-corrected chi connectivity index (χ2v) is 6.09. The van der Waals surface area contributed by atoms with Crippen molar-refractivity contribution in [2.75, 3.05) is 13.1 Å². The minimum Gasteiger partial charge on any atom is -0.316 e. The van der Waals surface area contributed by atoms with Gasteiger partial charge in [-0.1, -0.05) is 49.4 Å². The lowest BCUT2D eigenvalue weighted by atomic mass is 9.57. The van der Waals surface area contributed by atoms with Gasteiger partial charge in [-0.3, -0.25) is 0 Å². The Kier molecular flexibility index (Phi) is 4.07. The molecule has 0 bridgehead atoms. The first-order valence-electron chi connectivity index (χ1n) is 7.75. The summed E-state index contributed by atoms with van der Waals surface area (Å²) in [7, 11) is 0. The average molecular weight is 283 g/mol. The fourth-order valence-corrected chi connectivity index (χ4v) is 3.51. The van der Waals surface area contributed by atoms with Gasteiger partial charge in [0.25, 0.3) is 0 Å². The lowest BCUT2D eigenvalue weighted by molar-refractivity contribution is 0.194. The number of nitrogens with one attached hydrogen (secondary N) is 1. The third-order valence-electron chi connectivity index (χ3n) is 4.70. The summed E-state index contributed by atoms with van der Waals surface area (Å²) >= 11 is 0. The van der Waals surface area contributed by atoms with Crippen LogP contribution in [0.3, 0.4) is 0 Å². The first-order chi connectivity index (χ1) is 10.2. The maximum Gasteiger partial charge on any atom is 0.123 e. The van der Waals surface area contributed by atoms with E-state index >= 15 is 0 Å². The maximum absolute atomic E-state index is 13.6. The molecule has 3 rings (SSSR count). The predicted octanol–water partition coefficient (Wildman–Crippen LogP) is 4.25. The first-order valence-corrected chi connectivity index (χ1v) is 7.75. The highest BCUT2D eigenvalue weighted by atomic mass is 19.1. The largest absolute Gasteiger partial charge is 0.316 e. The SMILES string of the molecule is CCNCC1(c2cccc(F)c2)CC(c2ccccc2)C1. The van der Waals surface area contributed by atoms with Crippen LogP contribution in [0.4, 0.5) is 4.39 Å². The summed E-state index contributed by atoms with van der Waals surface area (Å²) in [6.07, 6.45) is 2.18. The van der Waals surface area contributed by atoms with Crippen LogP contribution in [0, 0.1) is 5.82 Å². The van der Waals surface area contributed by atoms with Gasteiger partial charge in [0, 0.05) is 12.0 Å². The van der Waals surface area contributed by atoms with Crippen LogP contribution in [0.2, 0.25) is 0 Å². The van der Waals surface area contributed by atoms with Crippen molar-refractivity contribution in [1.82, 2.24) is 5.32 Å². The van der Waals surface area contributed by atoms with E-state index in [1.54, 1.807) is 6.07 Å². The van der Waals surface area contributed by atoms with Crippen LogP contribution < -0.4 is 5.32 Å². The molecule has 1 fully saturated rings. The molecule has 2 aromatic rings. The van der Waals surface area contributed by atoms with E-state index in [0.717, 1.165) is 31.5 Å². The molecular formula is C19H22FN. The number of benzene rings is 2. The van der Waals surface area contributed by atoms with E-state index in [0.29, 0.717) is 5.92 Å². The van der Waals surface area contributed by atoms with Gasteiger partial charge in [-0.15, -0.1) is 0 Å². The van der Waals surface area contributed by atoms with E-state index in [9.17, 15) is 4.39 Å². The van der Waals surface area contributed by atoms with Crippen LogP contribution >= 0.6 is 0 Å². The van der Waals surface area contributed by atoms with Crippen molar-refractivity contribution in [2.24, 2.45) is 0 Å². The Morgan fingerprint density at radius 3 is 2.52 bits per heavy atom. The van der Waals surface area contributed by atoms with Crippen LogP contribution in [-0.4, -0.2) is 13.1 Å². The van der Waals surface area contributed by atoms with Crippen LogP contribution in [0.5, 0.6) is 0 Å². The Morgan fingerprint density at radius 2 is 1.86 bits per heavy atom. The minimum atomic E-state index is -0.133. The molecule has 0 atom stereocenters. The smallest absolute Gasteiger partial charge is 0.123 e. The van der Waals surface area contributed by atoms with E-state index in [1.807, 2.05) is 6.07 Å². The molecule has 1 N–H and O–H groups in total. The average Bonchev–Trinajstić information content (AvgIpc) is 2.47. The number of hydrogen-bond donors (Lipinski definition) is 1. The summed E-state index contributed by atoms with van der Waals surface area (Å²) in [6, 6.07) is 17.8. The number of hydrogen-bond acceptors (Lipinski definition) is 1. The zero-order valence-electron chi connectivity index (χ0n) is 12.5. The highest BCUT2D eigenvalue weighted by molar-refractivity contribution is 5.35. The molecule has 21 heavy (non-hydrogen) atoms. The molecule has 0 saturated heterocycles. The Hall–Kier alpha value is -1.67. The first kappa shape index (κ1) is 14.3. The van der Waals surface area contributed by atoms with E-state index in [-0.39, 0.29) is 11.2 Å². The van der Waals surface area contributed by atoms with Crippen LogP contribution in [-0.2, 0) is 5.41 Å². The summed E-state index contributed by atoms with van der Waals surface area (Å²) in [5.41, 5.74) is 2.62. The molecule has 2 aromatic carbocycles. The highest BCUT2D eigenvalue weighted by Gasteiger charge is 2.45. The Balaban J connectivity index is 1.81. The molecule has 1 saturated carbocycles. The Morgan fingerprint density at radius 1 is 1.10 bits per heavy atom. The standard InChI is InChI=1S/C19H22FN/c1-2-21-14-19(17-9-6-10-18(20)11-17)12-16(13-19)15-7-4-3-5-8-15/h3-11,16,21H,2,12-14H2,1H3. The molecule has 0 heterocycles. The second-order valence-electron chi connectivity index (χ2n) is 6.09. The number of halogens is 1. The van der Waals surface area contributed by atoms with Crippen molar-refractivity contribution in [1.29, 1.82) is 0 Å². The summed E-state index contributed by atoms with van der Waals surface area (Å²) in [5.74, 6) is 0.458. The monoisotopic (exact) mass is 283 g/mol. The Labute approximate surface area is 126 Å². The fraction of sp³-hybridized carbons (Fsp3) is 0.368. The quantitative estimate of drug-likeness (QED) is 0.865. The lowest BCUT2D eigenvalue weighted by Crippen LogP contribution is -2.47. The van der Waals surface area contributed by atoms with Gasteiger partial charge >= 0.3 is 0 Å². The van der Waals surface area contributed by atoms with Gasteiger partial charge in [-0.05, 0) is 48.6 Å². The second kappa shape index (κ2) is 5.98. The molecule has 0 radical (unpaired) electrons. The third-order valence-corrected chi connectivity index (χ3v) is 4.70. The number of likely N-dealkylation sites (N-methyl/N-ethyl adjacent to an activating group) is 1. The van der Waals surface area contributed by atoms with Gasteiger partial charge in [-0.25, -0.2) is 4.39 Å². The van der Waals surface area contributed by atoms with Crippen molar-refractivity contribution in [3.63, 3.8) is 0 Å². The van der Waals surface area contributed by atoms with Gasteiger partial charge < -0.3 is 5.32 Å². The molecular weight excluding hydrogens is 261 g/mol. The van der Waals surface area contributed by atoms with Crippen molar-refractivity contribution in [2.45, 2.75) is 31.1 Å². The summed E-state index contributed by atoms with van der Waals surface area (Å²) in [6.45, 7) is 4.00. The summed E-state index contributed by atoms with van der Waals surface area (Å²) in [5, 5.41) is 3.46. The predicted molar refractivity (Wildman–Crippen MR) is 85.0 cm³/mol. The van der Waals surface area contributed by atoms with Gasteiger partial charge in [0.1, 0.15) is 5.82 Å². The lowest BCUT2D eigenvalue weighted by Gasteiger charge is -2.49. The molecule has 1 nitrogen and oxygen atoms in total. The zero-order chi connectivity index (χ0) is 14.7. The summed E-state index contributed by atoms with van der Waals surface area (Å²) < 4.78 is 13.6. The number of rotatable bonds is 5. The molecule has 1 aliphatic carbocycles. The van der Waals surface area contributed by atoms with E-state index in [1.165, 1.54) is 11.6 Å². The summed E-state index contributed by atoms with van der Waals surface area (Å²) in [4.78, 5) is 0. The highest BCUT2D eigenvalue weighted by Crippen LogP contribution is 2.52. The minimum absolute atomic E-state index is 0.0820. The van der Waals surface area contributed by atoms with E-state index in [2.05, 4.69) is 48.6 Å². The van der Waals surface area contributed by atoms with E-state index < -0.39 is 0 Å². The van der Waals surface area contributed by atoms with E-state index in [4.69, 9.17) is 0 Å². The zero-order valence-corrected chi connectivity index (χ0v) is 12.5. The molecule has 0 spiro atoms. The topological polar surface area (TPSA) is 12.0 Å². The molecule has 1 aliphatic rings. The van der Waals surface area contributed by atoms with Crippen molar-refractivity contribution < 1.29 is 4.39 Å². The van der Waals surface area contributed by atoms with Crippen LogP contribution in [0.1, 0.15) is 36.8 Å². The molecule has 0 amide bonds. The molecule has 0 aliphatic heterocycles. The van der Waals surface area contributed by atoms with Crippen LogP contribution in [0.15, 0.2) is 54.6 Å². The van der Waals surface area contributed by atoms with Gasteiger partial charge in [0.15, 0.2) is 0 Å². The van der Waals surface area contributed by atoms with Gasteiger partial charge in [-0.2, -0.15) is 0 Å². The molecule has 110 valence electrons. The fourth-order valence-electron chi connectivity index (χ4n) is 3.51. The Bertz CT molecular complexity index is 588. The van der Waals surface area contributed by atoms with Gasteiger partial charge in [0.2, 0.25) is 0 Å². The van der Waals surface area contributed by atoms with Crippen molar-refractivity contribution >= 4 is 0 Å². The third kappa shape index (κ3) is 2.86. The normalized spacial score (nSPS) is 24.6. The van der Waals surface area contributed by atoms with Crippen molar-refractivity contribution in [3.05, 3.63) is 71.5 Å². The van der Waals surface area contributed by atoms with Crippen LogP contribution in [0.25, 0.3) is 0 Å². The molecule has 2 heteroatoms. The van der Waals surface area contributed by atoms with Crippen molar-refractivity contribution in [3.8, 4) is 0 Å². The maximum atomic E-state index is 13.6. The molecule has 0 aromatic heterocycles.